The Labute approximate surface area is 136 Å². The summed E-state index contributed by atoms with van der Waals surface area (Å²) < 4.78 is 14.3. The van der Waals surface area contributed by atoms with Gasteiger partial charge in [-0.15, -0.1) is 0 Å². The van der Waals surface area contributed by atoms with Crippen LogP contribution in [0.3, 0.4) is 0 Å². The van der Waals surface area contributed by atoms with E-state index in [9.17, 15) is 9.18 Å². The van der Waals surface area contributed by atoms with Crippen molar-refractivity contribution in [3.63, 3.8) is 0 Å². The van der Waals surface area contributed by atoms with Gasteiger partial charge in [0.05, 0.1) is 10.6 Å². The summed E-state index contributed by atoms with van der Waals surface area (Å²) in [4.78, 5) is 12.0. The maximum Gasteiger partial charge on any atom is 0.256 e. The summed E-state index contributed by atoms with van der Waals surface area (Å²) in [6.45, 7) is 0. The van der Waals surface area contributed by atoms with Crippen LogP contribution in [0.25, 0.3) is 0 Å². The molecular formula is C13H7BrClFINO. The minimum Gasteiger partial charge on any atom is -0.322 e. The zero-order valence-corrected chi connectivity index (χ0v) is 13.9. The van der Waals surface area contributed by atoms with Crippen molar-refractivity contribution in [2.45, 2.75) is 0 Å². The highest BCUT2D eigenvalue weighted by Gasteiger charge is 2.11. The standard InChI is InChI=1S/C13H7BrClFINO/c14-10-4-2-8(6-11(10)15)18-13(19)9-3-1-7(16)5-12(9)17/h1-6H,(H,18,19). The molecule has 2 rings (SSSR count). The molecule has 0 saturated heterocycles. The third kappa shape index (κ3) is 3.67. The van der Waals surface area contributed by atoms with Crippen molar-refractivity contribution in [1.29, 1.82) is 0 Å². The Morgan fingerprint density at radius 3 is 2.63 bits per heavy atom. The Hall–Kier alpha value is -0.660. The lowest BCUT2D eigenvalue weighted by molar-refractivity contribution is 0.102. The van der Waals surface area contributed by atoms with E-state index in [0.29, 0.717) is 19.8 Å². The Morgan fingerprint density at radius 2 is 2.00 bits per heavy atom. The van der Waals surface area contributed by atoms with Crippen molar-refractivity contribution in [3.05, 3.63) is 60.8 Å². The summed E-state index contributed by atoms with van der Waals surface area (Å²) in [6.07, 6.45) is 0. The summed E-state index contributed by atoms with van der Waals surface area (Å²) in [5.74, 6) is -0.671. The molecule has 0 heterocycles. The predicted octanol–water partition coefficient (Wildman–Crippen LogP) is 5.10. The minimum absolute atomic E-state index is 0.303. The summed E-state index contributed by atoms with van der Waals surface area (Å²) >= 11 is 11.1. The molecule has 0 bridgehead atoms. The van der Waals surface area contributed by atoms with E-state index in [1.54, 1.807) is 18.2 Å². The Bertz CT molecular complexity index is 651. The molecule has 0 aromatic heterocycles. The number of carbonyl (C=O) groups excluding carboxylic acids is 1. The molecule has 0 unspecified atom stereocenters. The van der Waals surface area contributed by atoms with Gasteiger partial charge in [-0.25, -0.2) is 4.39 Å². The molecule has 0 aliphatic rings. The molecule has 0 radical (unpaired) electrons. The third-order valence-corrected chi connectivity index (χ3v) is 4.48. The van der Waals surface area contributed by atoms with Crippen LogP contribution in [0.2, 0.25) is 5.02 Å². The van der Waals surface area contributed by atoms with Crippen LogP contribution in [0.15, 0.2) is 40.9 Å². The highest BCUT2D eigenvalue weighted by atomic mass is 127. The second kappa shape index (κ2) is 6.19. The molecule has 2 aromatic rings. The molecule has 0 saturated carbocycles. The molecule has 2 nitrogen and oxygen atoms in total. The van der Waals surface area contributed by atoms with Gasteiger partial charge >= 0.3 is 0 Å². The maximum absolute atomic E-state index is 13.0. The molecule has 2 aromatic carbocycles. The number of anilines is 1. The van der Waals surface area contributed by atoms with Crippen LogP contribution >= 0.6 is 50.1 Å². The number of benzene rings is 2. The van der Waals surface area contributed by atoms with Crippen LogP contribution in [0.1, 0.15) is 10.4 Å². The zero-order chi connectivity index (χ0) is 14.0. The van der Waals surface area contributed by atoms with Gasteiger partial charge < -0.3 is 5.32 Å². The van der Waals surface area contributed by atoms with Crippen LogP contribution in [0.5, 0.6) is 0 Å². The van der Waals surface area contributed by atoms with Gasteiger partial charge in [0.2, 0.25) is 0 Å². The molecule has 0 aliphatic carbocycles. The number of halogens is 4. The zero-order valence-electron chi connectivity index (χ0n) is 9.38. The summed E-state index contributed by atoms with van der Waals surface area (Å²) in [7, 11) is 0. The number of rotatable bonds is 2. The first-order valence-corrected chi connectivity index (χ1v) is 7.44. The largest absolute Gasteiger partial charge is 0.322 e. The smallest absolute Gasteiger partial charge is 0.256 e. The second-order valence-electron chi connectivity index (χ2n) is 3.71. The van der Waals surface area contributed by atoms with Crippen LogP contribution in [-0.2, 0) is 0 Å². The first kappa shape index (κ1) is 14.7. The van der Waals surface area contributed by atoms with Gasteiger partial charge in [0, 0.05) is 13.7 Å². The van der Waals surface area contributed by atoms with E-state index in [1.807, 2.05) is 22.6 Å². The van der Waals surface area contributed by atoms with E-state index >= 15 is 0 Å². The van der Waals surface area contributed by atoms with Gasteiger partial charge in [0.25, 0.3) is 5.91 Å². The highest BCUT2D eigenvalue weighted by molar-refractivity contribution is 14.1. The number of nitrogens with one attached hydrogen (secondary N) is 1. The van der Waals surface area contributed by atoms with Gasteiger partial charge in [0.1, 0.15) is 5.82 Å². The number of hydrogen-bond donors (Lipinski definition) is 1. The molecule has 0 aliphatic heterocycles. The third-order valence-electron chi connectivity index (χ3n) is 2.35. The van der Waals surface area contributed by atoms with Gasteiger partial charge in [0.15, 0.2) is 0 Å². The first-order chi connectivity index (χ1) is 8.97. The van der Waals surface area contributed by atoms with Crippen molar-refractivity contribution in [2.75, 3.05) is 5.32 Å². The Kier molecular flexibility index (Phi) is 4.81. The molecule has 1 N–H and O–H groups in total. The van der Waals surface area contributed by atoms with Crippen LogP contribution in [-0.4, -0.2) is 5.91 Å². The van der Waals surface area contributed by atoms with Gasteiger partial charge in [-0.3, -0.25) is 4.79 Å². The SMILES string of the molecule is O=C(Nc1ccc(Br)c(Cl)c1)c1ccc(F)cc1I. The van der Waals surface area contributed by atoms with Crippen LogP contribution in [0.4, 0.5) is 10.1 Å². The number of amides is 1. The van der Waals surface area contributed by atoms with Crippen LogP contribution in [0, 0.1) is 9.39 Å². The molecule has 0 atom stereocenters. The van der Waals surface area contributed by atoms with E-state index in [-0.39, 0.29) is 11.7 Å². The fourth-order valence-corrected chi connectivity index (χ4v) is 2.60. The van der Waals surface area contributed by atoms with E-state index in [4.69, 9.17) is 11.6 Å². The van der Waals surface area contributed by atoms with Crippen molar-refractivity contribution in [1.82, 2.24) is 0 Å². The molecule has 0 fully saturated rings. The normalized spacial score (nSPS) is 10.3. The van der Waals surface area contributed by atoms with Gasteiger partial charge in [-0.05, 0) is 74.9 Å². The second-order valence-corrected chi connectivity index (χ2v) is 6.13. The quantitative estimate of drug-likeness (QED) is 0.629. The van der Waals surface area contributed by atoms with Crippen molar-refractivity contribution < 1.29 is 9.18 Å². The van der Waals surface area contributed by atoms with Gasteiger partial charge in [-0.1, -0.05) is 11.6 Å². The molecule has 19 heavy (non-hydrogen) atoms. The monoisotopic (exact) mass is 453 g/mol. The fourth-order valence-electron chi connectivity index (χ4n) is 1.45. The van der Waals surface area contributed by atoms with Crippen molar-refractivity contribution >= 4 is 61.7 Å². The van der Waals surface area contributed by atoms with E-state index < -0.39 is 0 Å². The summed E-state index contributed by atoms with van der Waals surface area (Å²) in [6, 6.07) is 9.13. The highest BCUT2D eigenvalue weighted by Crippen LogP contribution is 2.26. The average molecular weight is 454 g/mol. The average Bonchev–Trinajstić information content (AvgIpc) is 2.33. The molecule has 6 heteroatoms. The van der Waals surface area contributed by atoms with Gasteiger partial charge in [-0.2, -0.15) is 0 Å². The molecule has 98 valence electrons. The predicted molar refractivity (Wildman–Crippen MR) is 86.2 cm³/mol. The fraction of sp³-hybridized carbons (Fsp3) is 0. The van der Waals surface area contributed by atoms with E-state index in [1.165, 1.54) is 18.2 Å². The Morgan fingerprint density at radius 1 is 1.26 bits per heavy atom. The molecular weight excluding hydrogens is 447 g/mol. The van der Waals surface area contributed by atoms with E-state index in [2.05, 4.69) is 21.2 Å². The maximum atomic E-state index is 13.0. The number of carbonyl (C=O) groups is 1. The lowest BCUT2D eigenvalue weighted by Crippen LogP contribution is -2.13. The van der Waals surface area contributed by atoms with Crippen molar-refractivity contribution in [2.24, 2.45) is 0 Å². The lowest BCUT2D eigenvalue weighted by Gasteiger charge is -2.08. The molecule has 1 amide bonds. The van der Waals surface area contributed by atoms with Crippen molar-refractivity contribution in [3.8, 4) is 0 Å². The van der Waals surface area contributed by atoms with Crippen LogP contribution < -0.4 is 5.32 Å². The first-order valence-electron chi connectivity index (χ1n) is 5.19. The summed E-state index contributed by atoms with van der Waals surface area (Å²) in [5, 5.41) is 3.22. The van der Waals surface area contributed by atoms with E-state index in [0.717, 1.165) is 4.47 Å². The summed E-state index contributed by atoms with van der Waals surface area (Å²) in [5.41, 5.74) is 0.999. The minimum atomic E-state index is -0.368. The number of hydrogen-bond acceptors (Lipinski definition) is 1. The Balaban J connectivity index is 2.23. The molecule has 0 spiro atoms. The topological polar surface area (TPSA) is 29.1 Å². The lowest BCUT2D eigenvalue weighted by atomic mass is 10.2.